The van der Waals surface area contributed by atoms with Crippen molar-refractivity contribution in [2.75, 3.05) is 7.11 Å². The highest BCUT2D eigenvalue weighted by Gasteiger charge is 2.31. The average Bonchev–Trinajstić information content (AvgIpc) is 2.15. The maximum absolute atomic E-state index is 13.1. The van der Waals surface area contributed by atoms with Crippen molar-refractivity contribution >= 4 is 0 Å². The van der Waals surface area contributed by atoms with E-state index >= 15 is 0 Å². The van der Waals surface area contributed by atoms with E-state index in [1.165, 1.54) is 25.3 Å². The number of hydrogen-bond donors (Lipinski definition) is 0. The summed E-state index contributed by atoms with van der Waals surface area (Å²) in [6.07, 6.45) is 0. The standard InChI is InChI=1S/C10H9F2NO/c1-10(11,12)9-7(6-13)4-3-5-8(9)14-2/h3-5H,1-2H3. The van der Waals surface area contributed by atoms with Gasteiger partial charge in [-0.3, -0.25) is 0 Å². The lowest BCUT2D eigenvalue weighted by Gasteiger charge is -2.15. The Balaban J connectivity index is 3.44. The first kappa shape index (κ1) is 10.5. The van der Waals surface area contributed by atoms with E-state index in [9.17, 15) is 8.78 Å². The van der Waals surface area contributed by atoms with Gasteiger partial charge in [-0.25, -0.2) is 8.78 Å². The Hall–Kier alpha value is -1.63. The van der Waals surface area contributed by atoms with Crippen LogP contribution in [0.5, 0.6) is 5.75 Å². The van der Waals surface area contributed by atoms with Crippen molar-refractivity contribution in [1.82, 2.24) is 0 Å². The number of hydrogen-bond acceptors (Lipinski definition) is 2. The number of benzene rings is 1. The Morgan fingerprint density at radius 1 is 1.43 bits per heavy atom. The second-order valence-corrected chi connectivity index (χ2v) is 2.88. The van der Waals surface area contributed by atoms with E-state index in [0.717, 1.165) is 6.92 Å². The van der Waals surface area contributed by atoms with Crippen LogP contribution < -0.4 is 4.74 Å². The van der Waals surface area contributed by atoms with Crippen molar-refractivity contribution in [2.24, 2.45) is 0 Å². The first-order chi connectivity index (χ1) is 6.50. The van der Waals surface area contributed by atoms with Gasteiger partial charge in [-0.05, 0) is 12.1 Å². The summed E-state index contributed by atoms with van der Waals surface area (Å²) in [6.45, 7) is 0.742. The molecule has 1 aromatic carbocycles. The molecule has 0 aliphatic heterocycles. The summed E-state index contributed by atoms with van der Waals surface area (Å²) >= 11 is 0. The second kappa shape index (κ2) is 3.62. The maximum atomic E-state index is 13.1. The lowest BCUT2D eigenvalue weighted by atomic mass is 10.0. The smallest absolute Gasteiger partial charge is 0.275 e. The summed E-state index contributed by atoms with van der Waals surface area (Å²) in [5.41, 5.74) is -0.415. The van der Waals surface area contributed by atoms with Crippen LogP contribution in [-0.4, -0.2) is 7.11 Å². The van der Waals surface area contributed by atoms with E-state index in [2.05, 4.69) is 0 Å². The van der Waals surface area contributed by atoms with Crippen LogP contribution in [-0.2, 0) is 5.92 Å². The SMILES string of the molecule is COc1cccc(C#N)c1C(C)(F)F. The van der Waals surface area contributed by atoms with Gasteiger partial charge in [-0.15, -0.1) is 0 Å². The van der Waals surface area contributed by atoms with Crippen LogP contribution in [0.2, 0.25) is 0 Å². The molecule has 74 valence electrons. The molecular formula is C10H9F2NO. The minimum atomic E-state index is -3.07. The third-order valence-electron chi connectivity index (χ3n) is 1.81. The van der Waals surface area contributed by atoms with Crippen molar-refractivity contribution in [3.8, 4) is 11.8 Å². The molecule has 0 aliphatic rings. The number of ether oxygens (including phenoxy) is 1. The summed E-state index contributed by atoms with van der Waals surface area (Å²) in [5, 5.41) is 8.66. The molecule has 1 aromatic rings. The second-order valence-electron chi connectivity index (χ2n) is 2.88. The normalized spacial score (nSPS) is 10.8. The molecule has 0 saturated carbocycles. The summed E-state index contributed by atoms with van der Waals surface area (Å²) < 4.78 is 31.0. The van der Waals surface area contributed by atoms with Crippen LogP contribution in [0.4, 0.5) is 8.78 Å². The molecule has 1 rings (SSSR count). The summed E-state index contributed by atoms with van der Waals surface area (Å²) in [6, 6.07) is 5.98. The molecule has 0 bridgehead atoms. The van der Waals surface area contributed by atoms with Crippen LogP contribution in [0, 0.1) is 11.3 Å². The zero-order chi connectivity index (χ0) is 10.8. The highest BCUT2D eigenvalue weighted by atomic mass is 19.3. The van der Waals surface area contributed by atoms with E-state index in [1.54, 1.807) is 6.07 Å². The topological polar surface area (TPSA) is 33.0 Å². The quantitative estimate of drug-likeness (QED) is 0.730. The average molecular weight is 197 g/mol. The molecule has 0 unspecified atom stereocenters. The first-order valence-corrected chi connectivity index (χ1v) is 3.96. The van der Waals surface area contributed by atoms with E-state index < -0.39 is 5.92 Å². The number of alkyl halides is 2. The number of nitrogens with zero attached hydrogens (tertiary/aromatic N) is 1. The number of nitriles is 1. The highest BCUT2D eigenvalue weighted by Crippen LogP contribution is 2.36. The van der Waals surface area contributed by atoms with Gasteiger partial charge in [0, 0.05) is 6.92 Å². The van der Waals surface area contributed by atoms with Gasteiger partial charge in [0.1, 0.15) is 5.75 Å². The Kier molecular flexibility index (Phi) is 2.70. The number of halogens is 2. The lowest BCUT2D eigenvalue weighted by molar-refractivity contribution is 0.0148. The van der Waals surface area contributed by atoms with Crippen molar-refractivity contribution in [3.05, 3.63) is 29.3 Å². The van der Waals surface area contributed by atoms with Crippen LogP contribution >= 0.6 is 0 Å². The Labute approximate surface area is 80.7 Å². The van der Waals surface area contributed by atoms with Gasteiger partial charge in [0.25, 0.3) is 5.92 Å². The third-order valence-corrected chi connectivity index (χ3v) is 1.81. The van der Waals surface area contributed by atoms with E-state index in [-0.39, 0.29) is 16.9 Å². The zero-order valence-corrected chi connectivity index (χ0v) is 7.84. The molecule has 0 radical (unpaired) electrons. The van der Waals surface area contributed by atoms with Gasteiger partial charge >= 0.3 is 0 Å². The van der Waals surface area contributed by atoms with Gasteiger partial charge in [0.15, 0.2) is 0 Å². The molecule has 0 N–H and O–H groups in total. The Bertz CT molecular complexity index is 377. The molecule has 0 fully saturated rings. The molecule has 0 amide bonds. The fourth-order valence-corrected chi connectivity index (χ4v) is 1.25. The van der Waals surface area contributed by atoms with Crippen LogP contribution in [0.1, 0.15) is 18.1 Å². The third kappa shape index (κ3) is 1.82. The van der Waals surface area contributed by atoms with Crippen molar-refractivity contribution in [3.63, 3.8) is 0 Å². The molecular weight excluding hydrogens is 188 g/mol. The van der Waals surface area contributed by atoms with E-state index in [1.807, 2.05) is 0 Å². The van der Waals surface area contributed by atoms with Gasteiger partial charge in [0.2, 0.25) is 0 Å². The summed E-state index contributed by atoms with van der Waals surface area (Å²) in [7, 11) is 1.30. The minimum absolute atomic E-state index is 0.0385. The molecule has 0 aliphatic carbocycles. The maximum Gasteiger partial charge on any atom is 0.275 e. The molecule has 0 saturated heterocycles. The van der Waals surface area contributed by atoms with Gasteiger partial charge < -0.3 is 4.74 Å². The lowest BCUT2D eigenvalue weighted by Crippen LogP contribution is -2.11. The molecule has 14 heavy (non-hydrogen) atoms. The monoisotopic (exact) mass is 197 g/mol. The molecule has 0 heterocycles. The van der Waals surface area contributed by atoms with Crippen LogP contribution in [0.3, 0.4) is 0 Å². The Morgan fingerprint density at radius 3 is 2.50 bits per heavy atom. The predicted octanol–water partition coefficient (Wildman–Crippen LogP) is 2.68. The molecule has 4 heteroatoms. The largest absolute Gasteiger partial charge is 0.496 e. The summed E-state index contributed by atoms with van der Waals surface area (Å²) in [4.78, 5) is 0. The molecule has 2 nitrogen and oxygen atoms in total. The van der Waals surface area contributed by atoms with Gasteiger partial charge in [-0.1, -0.05) is 6.07 Å². The summed E-state index contributed by atoms with van der Waals surface area (Å²) in [5.74, 6) is -3.03. The number of methoxy groups -OCH3 is 1. The fraction of sp³-hybridized carbons (Fsp3) is 0.300. The predicted molar refractivity (Wildman–Crippen MR) is 47.3 cm³/mol. The van der Waals surface area contributed by atoms with Crippen molar-refractivity contribution < 1.29 is 13.5 Å². The van der Waals surface area contributed by atoms with Crippen molar-refractivity contribution in [1.29, 1.82) is 5.26 Å². The van der Waals surface area contributed by atoms with Gasteiger partial charge in [0.05, 0.1) is 24.3 Å². The van der Waals surface area contributed by atoms with E-state index in [0.29, 0.717) is 0 Å². The van der Waals surface area contributed by atoms with Crippen LogP contribution in [0.25, 0.3) is 0 Å². The fourth-order valence-electron chi connectivity index (χ4n) is 1.25. The van der Waals surface area contributed by atoms with E-state index in [4.69, 9.17) is 10.00 Å². The Morgan fingerprint density at radius 2 is 2.07 bits per heavy atom. The van der Waals surface area contributed by atoms with Crippen LogP contribution in [0.15, 0.2) is 18.2 Å². The first-order valence-electron chi connectivity index (χ1n) is 3.96. The molecule has 0 atom stereocenters. The van der Waals surface area contributed by atoms with Gasteiger partial charge in [-0.2, -0.15) is 5.26 Å². The minimum Gasteiger partial charge on any atom is -0.496 e. The molecule has 0 aromatic heterocycles. The zero-order valence-electron chi connectivity index (χ0n) is 7.84. The molecule has 0 spiro atoms. The number of rotatable bonds is 2. The van der Waals surface area contributed by atoms with Crippen molar-refractivity contribution in [2.45, 2.75) is 12.8 Å². The highest BCUT2D eigenvalue weighted by molar-refractivity contribution is 5.48.